The molecule has 0 saturated carbocycles. The smallest absolute Gasteiger partial charge is 0.258 e. The number of halogens is 1. The summed E-state index contributed by atoms with van der Waals surface area (Å²) < 4.78 is 18.2. The second-order valence-electron chi connectivity index (χ2n) is 4.51. The summed E-state index contributed by atoms with van der Waals surface area (Å²) in [7, 11) is 0. The first-order valence-corrected chi connectivity index (χ1v) is 7.42. The predicted molar refractivity (Wildman–Crippen MR) is 81.2 cm³/mol. The summed E-state index contributed by atoms with van der Waals surface area (Å²) in [4.78, 5) is 20.7. The van der Waals surface area contributed by atoms with Crippen LogP contribution in [0.2, 0.25) is 0 Å². The highest BCUT2D eigenvalue weighted by Gasteiger charge is 2.08. The fourth-order valence-electron chi connectivity index (χ4n) is 1.87. The van der Waals surface area contributed by atoms with E-state index in [0.717, 1.165) is 15.8 Å². The van der Waals surface area contributed by atoms with E-state index >= 15 is 0 Å². The van der Waals surface area contributed by atoms with Crippen LogP contribution in [0.3, 0.4) is 0 Å². The van der Waals surface area contributed by atoms with Gasteiger partial charge < -0.3 is 10.1 Å². The van der Waals surface area contributed by atoms with E-state index in [4.69, 9.17) is 4.74 Å². The van der Waals surface area contributed by atoms with Crippen LogP contribution in [0.4, 0.5) is 4.39 Å². The average Bonchev–Trinajstić information content (AvgIpc) is 3.01. The Morgan fingerprint density at radius 2 is 2.05 bits per heavy atom. The fourth-order valence-corrected chi connectivity index (χ4v) is 2.59. The van der Waals surface area contributed by atoms with Gasteiger partial charge in [-0.25, -0.2) is 14.4 Å². The van der Waals surface area contributed by atoms with Gasteiger partial charge in [0, 0.05) is 6.54 Å². The summed E-state index contributed by atoms with van der Waals surface area (Å²) >= 11 is 1.48. The van der Waals surface area contributed by atoms with Crippen LogP contribution < -0.4 is 10.1 Å². The van der Waals surface area contributed by atoms with Gasteiger partial charge in [0.25, 0.3) is 5.91 Å². The summed E-state index contributed by atoms with van der Waals surface area (Å²) in [6.45, 7) is 0.184. The molecule has 2 heterocycles. The highest BCUT2D eigenvalue weighted by Crippen LogP contribution is 2.25. The van der Waals surface area contributed by atoms with E-state index in [0.29, 0.717) is 12.4 Å². The van der Waals surface area contributed by atoms with Crippen LogP contribution in [-0.4, -0.2) is 22.5 Å². The number of nitrogens with zero attached hydrogens (tertiary/aromatic N) is 2. The summed E-state index contributed by atoms with van der Waals surface area (Å²) in [5.41, 5.74) is 0.817. The van der Waals surface area contributed by atoms with Crippen molar-refractivity contribution < 1.29 is 13.9 Å². The minimum atomic E-state index is -0.304. The van der Waals surface area contributed by atoms with E-state index in [1.807, 2.05) is 11.4 Å². The number of hydrogen-bond acceptors (Lipinski definition) is 5. The summed E-state index contributed by atoms with van der Waals surface area (Å²) in [5.74, 6) is -0.184. The molecule has 112 valence electrons. The number of nitrogens with one attached hydrogen (secondary N) is 1. The van der Waals surface area contributed by atoms with Gasteiger partial charge in [0.2, 0.25) is 5.88 Å². The predicted octanol–water partition coefficient (Wildman–Crippen LogP) is 2.53. The number of hydrogen-bond donors (Lipinski definition) is 1. The minimum Gasteiger partial charge on any atom is -0.467 e. The van der Waals surface area contributed by atoms with Crippen molar-refractivity contribution >= 4 is 27.5 Å². The molecule has 0 spiro atoms. The molecule has 0 aliphatic heterocycles. The fraction of sp³-hybridized carbons (Fsp3) is 0.133. The van der Waals surface area contributed by atoms with Gasteiger partial charge in [0.1, 0.15) is 17.0 Å². The number of carbonyl (C=O) groups is 1. The van der Waals surface area contributed by atoms with E-state index in [-0.39, 0.29) is 18.3 Å². The summed E-state index contributed by atoms with van der Waals surface area (Å²) in [6.07, 6.45) is 1.41. The lowest BCUT2D eigenvalue weighted by Gasteiger charge is -2.07. The molecule has 7 heteroatoms. The average molecular weight is 317 g/mol. The third-order valence-electron chi connectivity index (χ3n) is 2.97. The molecule has 5 nitrogen and oxygen atoms in total. The first-order chi connectivity index (χ1) is 10.7. The molecular weight excluding hydrogens is 305 g/mol. The van der Waals surface area contributed by atoms with Crippen molar-refractivity contribution in [2.24, 2.45) is 0 Å². The van der Waals surface area contributed by atoms with Crippen LogP contribution >= 0.6 is 11.3 Å². The van der Waals surface area contributed by atoms with E-state index < -0.39 is 0 Å². The maximum atomic E-state index is 12.8. The maximum absolute atomic E-state index is 12.8. The monoisotopic (exact) mass is 317 g/mol. The molecule has 1 amide bonds. The molecule has 0 fully saturated rings. The zero-order chi connectivity index (χ0) is 15.4. The van der Waals surface area contributed by atoms with Crippen molar-refractivity contribution in [3.05, 3.63) is 53.4 Å². The molecule has 0 saturated heterocycles. The SMILES string of the molecule is O=C(COc1ncnc2sccc12)NCc1ccc(F)cc1. The molecule has 0 unspecified atom stereocenters. The van der Waals surface area contributed by atoms with Crippen molar-refractivity contribution in [1.82, 2.24) is 15.3 Å². The van der Waals surface area contributed by atoms with Crippen LogP contribution in [0.15, 0.2) is 42.0 Å². The lowest BCUT2D eigenvalue weighted by Crippen LogP contribution is -2.28. The molecule has 0 atom stereocenters. The Hall–Kier alpha value is -2.54. The van der Waals surface area contributed by atoms with Crippen molar-refractivity contribution in [2.75, 3.05) is 6.61 Å². The van der Waals surface area contributed by atoms with Gasteiger partial charge in [-0.05, 0) is 29.1 Å². The van der Waals surface area contributed by atoms with Crippen LogP contribution in [0.1, 0.15) is 5.56 Å². The van der Waals surface area contributed by atoms with E-state index in [9.17, 15) is 9.18 Å². The Kier molecular flexibility index (Phi) is 4.24. The van der Waals surface area contributed by atoms with Gasteiger partial charge in [-0.15, -0.1) is 11.3 Å². The number of ether oxygens (including phenoxy) is 1. The molecule has 3 rings (SSSR count). The van der Waals surface area contributed by atoms with Crippen LogP contribution in [0, 0.1) is 5.82 Å². The first-order valence-electron chi connectivity index (χ1n) is 6.54. The molecule has 2 aromatic heterocycles. The van der Waals surface area contributed by atoms with Gasteiger partial charge in [-0.2, -0.15) is 0 Å². The van der Waals surface area contributed by atoms with Gasteiger partial charge in [0.15, 0.2) is 6.61 Å². The van der Waals surface area contributed by atoms with Crippen molar-refractivity contribution in [1.29, 1.82) is 0 Å². The Bertz CT molecular complexity index is 789. The summed E-state index contributed by atoms with van der Waals surface area (Å²) in [5, 5.41) is 5.38. The Balaban J connectivity index is 1.54. The number of aromatic nitrogens is 2. The normalized spacial score (nSPS) is 10.6. The number of benzene rings is 1. The zero-order valence-electron chi connectivity index (χ0n) is 11.5. The van der Waals surface area contributed by atoms with Gasteiger partial charge in [-0.3, -0.25) is 4.79 Å². The molecule has 3 aromatic rings. The molecule has 0 aliphatic carbocycles. The van der Waals surface area contributed by atoms with Crippen LogP contribution in [0.25, 0.3) is 10.2 Å². The Morgan fingerprint density at radius 1 is 1.23 bits per heavy atom. The number of rotatable bonds is 5. The minimum absolute atomic E-state index is 0.136. The third-order valence-corrected chi connectivity index (χ3v) is 3.79. The lowest BCUT2D eigenvalue weighted by atomic mass is 10.2. The number of amides is 1. The van der Waals surface area contributed by atoms with Gasteiger partial charge in [-0.1, -0.05) is 12.1 Å². The van der Waals surface area contributed by atoms with Crippen molar-refractivity contribution in [2.45, 2.75) is 6.54 Å². The molecule has 0 radical (unpaired) electrons. The zero-order valence-corrected chi connectivity index (χ0v) is 12.3. The second-order valence-corrected chi connectivity index (χ2v) is 5.40. The van der Waals surface area contributed by atoms with E-state index in [1.54, 1.807) is 12.1 Å². The molecule has 0 bridgehead atoms. The molecule has 0 aliphatic rings. The highest BCUT2D eigenvalue weighted by molar-refractivity contribution is 7.16. The highest BCUT2D eigenvalue weighted by atomic mass is 32.1. The lowest BCUT2D eigenvalue weighted by molar-refractivity contribution is -0.123. The quantitative estimate of drug-likeness (QED) is 0.785. The molecule has 22 heavy (non-hydrogen) atoms. The third kappa shape index (κ3) is 3.37. The number of thiophene rings is 1. The topological polar surface area (TPSA) is 64.1 Å². The van der Waals surface area contributed by atoms with E-state index in [1.165, 1.54) is 29.8 Å². The van der Waals surface area contributed by atoms with Crippen LogP contribution in [0.5, 0.6) is 5.88 Å². The maximum Gasteiger partial charge on any atom is 0.258 e. The largest absolute Gasteiger partial charge is 0.467 e. The van der Waals surface area contributed by atoms with Crippen molar-refractivity contribution in [3.63, 3.8) is 0 Å². The molecular formula is C15H12FN3O2S. The standard InChI is InChI=1S/C15H12FN3O2S/c16-11-3-1-10(2-4-11)7-17-13(20)8-21-14-12-5-6-22-15(12)19-9-18-14/h1-6,9H,7-8H2,(H,17,20). The Labute approximate surface area is 129 Å². The Morgan fingerprint density at radius 3 is 2.86 bits per heavy atom. The number of carbonyl (C=O) groups excluding carboxylic acids is 1. The first kappa shape index (κ1) is 14.4. The molecule has 1 aromatic carbocycles. The van der Waals surface area contributed by atoms with Crippen LogP contribution in [-0.2, 0) is 11.3 Å². The second kappa shape index (κ2) is 6.48. The van der Waals surface area contributed by atoms with E-state index in [2.05, 4.69) is 15.3 Å². The number of fused-ring (bicyclic) bond motifs is 1. The van der Waals surface area contributed by atoms with Gasteiger partial charge in [0.05, 0.1) is 5.39 Å². The summed E-state index contributed by atoms with van der Waals surface area (Å²) in [6, 6.07) is 7.80. The van der Waals surface area contributed by atoms with Crippen molar-refractivity contribution in [3.8, 4) is 5.88 Å². The van der Waals surface area contributed by atoms with Gasteiger partial charge >= 0.3 is 0 Å². The molecule has 1 N–H and O–H groups in total.